The number of nitrogens with one attached hydrogen (secondary N) is 2. The topological polar surface area (TPSA) is 142 Å². The second-order valence-corrected chi connectivity index (χ2v) is 7.65. The molecule has 0 radical (unpaired) electrons. The summed E-state index contributed by atoms with van der Waals surface area (Å²) in [4.78, 5) is 37.6. The summed E-state index contributed by atoms with van der Waals surface area (Å²) in [5.74, 6) is -2.92. The normalized spacial score (nSPS) is 10.9. The molecule has 0 aliphatic carbocycles. The van der Waals surface area contributed by atoms with Crippen molar-refractivity contribution in [1.29, 1.82) is 0 Å². The van der Waals surface area contributed by atoms with Crippen LogP contribution in [0.3, 0.4) is 0 Å². The zero-order valence-corrected chi connectivity index (χ0v) is 22.0. The van der Waals surface area contributed by atoms with E-state index in [1.54, 1.807) is 13.8 Å². The smallest absolute Gasteiger partial charge is 0.868 e. The molecule has 12 heteroatoms. The standard InChI is InChI=1S/C21H22FN5O5.K/c1-11-25-26-19(32-11)18(30)24-21(2,3)15-9-14(16(28)20(31)27(15)4)17(29)23-10-12-5-7-13(22)8-6-12;/h5-9,28H,10H2,1-4H3,(H,23,29)(H,24,30);/q;+1/p-1. The summed E-state index contributed by atoms with van der Waals surface area (Å²) in [6.07, 6.45) is 0. The van der Waals surface area contributed by atoms with Crippen LogP contribution in [0, 0.1) is 12.7 Å². The third-order valence-electron chi connectivity index (χ3n) is 4.78. The molecule has 2 heterocycles. The van der Waals surface area contributed by atoms with E-state index in [4.69, 9.17) is 4.42 Å². The Morgan fingerprint density at radius 3 is 2.39 bits per heavy atom. The first-order valence-electron chi connectivity index (χ1n) is 9.56. The van der Waals surface area contributed by atoms with Gasteiger partial charge < -0.3 is 24.7 Å². The number of carbonyl (C=O) groups is 2. The number of rotatable bonds is 6. The Balaban J connectivity index is 0.00000385. The van der Waals surface area contributed by atoms with Crippen molar-refractivity contribution in [2.75, 3.05) is 0 Å². The summed E-state index contributed by atoms with van der Waals surface area (Å²) in [6, 6.07) is 6.71. The summed E-state index contributed by atoms with van der Waals surface area (Å²) >= 11 is 0. The van der Waals surface area contributed by atoms with Crippen molar-refractivity contribution in [3.05, 3.63) is 75.1 Å². The SMILES string of the molecule is Cc1nnc(C(=O)NC(C)(C)c2cc(C(=O)NCc3ccc(F)cc3)c([O-])c(=O)n2C)o1.[K+]. The molecular weight excluding hydrogens is 460 g/mol. The van der Waals surface area contributed by atoms with E-state index in [9.17, 15) is 23.9 Å². The van der Waals surface area contributed by atoms with Crippen LogP contribution in [0.25, 0.3) is 0 Å². The van der Waals surface area contributed by atoms with Crippen LogP contribution >= 0.6 is 0 Å². The fraction of sp³-hybridized carbons (Fsp3) is 0.286. The number of pyridine rings is 1. The van der Waals surface area contributed by atoms with Gasteiger partial charge in [-0.25, -0.2) is 4.39 Å². The molecule has 33 heavy (non-hydrogen) atoms. The van der Waals surface area contributed by atoms with Crippen molar-refractivity contribution in [3.8, 4) is 5.75 Å². The summed E-state index contributed by atoms with van der Waals surface area (Å²) < 4.78 is 19.2. The zero-order valence-electron chi connectivity index (χ0n) is 18.9. The van der Waals surface area contributed by atoms with Crippen LogP contribution in [-0.2, 0) is 19.1 Å². The minimum atomic E-state index is -1.19. The summed E-state index contributed by atoms with van der Waals surface area (Å²) in [5.41, 5.74) is -1.67. The molecule has 2 amide bonds. The van der Waals surface area contributed by atoms with E-state index in [0.717, 1.165) is 4.57 Å². The van der Waals surface area contributed by atoms with Crippen molar-refractivity contribution in [1.82, 2.24) is 25.4 Å². The average Bonchev–Trinajstić information content (AvgIpc) is 3.17. The summed E-state index contributed by atoms with van der Waals surface area (Å²) in [5, 5.41) is 24.9. The molecule has 0 saturated heterocycles. The number of halogens is 1. The number of benzene rings is 1. The number of aromatic nitrogens is 3. The molecule has 0 fully saturated rings. The van der Waals surface area contributed by atoms with Crippen molar-refractivity contribution >= 4 is 11.8 Å². The van der Waals surface area contributed by atoms with E-state index in [2.05, 4.69) is 20.8 Å². The molecule has 2 N–H and O–H groups in total. The van der Waals surface area contributed by atoms with Gasteiger partial charge in [0.2, 0.25) is 11.4 Å². The molecule has 0 bridgehead atoms. The predicted octanol–water partition coefficient (Wildman–Crippen LogP) is -2.11. The van der Waals surface area contributed by atoms with Crippen molar-refractivity contribution < 1.29 is 74.9 Å². The second-order valence-electron chi connectivity index (χ2n) is 7.65. The van der Waals surface area contributed by atoms with Crippen LogP contribution in [0.15, 0.2) is 39.5 Å². The third-order valence-corrected chi connectivity index (χ3v) is 4.78. The fourth-order valence-corrected chi connectivity index (χ4v) is 3.11. The Morgan fingerprint density at radius 2 is 1.82 bits per heavy atom. The summed E-state index contributed by atoms with van der Waals surface area (Å²) in [6.45, 7) is 4.74. The van der Waals surface area contributed by atoms with Crippen LogP contribution < -0.4 is 72.7 Å². The minimum Gasteiger partial charge on any atom is -0.868 e. The molecule has 1 aromatic carbocycles. The monoisotopic (exact) mass is 481 g/mol. The van der Waals surface area contributed by atoms with Crippen LogP contribution in [0.2, 0.25) is 0 Å². The van der Waals surface area contributed by atoms with Gasteiger partial charge in [-0.15, -0.1) is 10.2 Å². The molecular formula is C21H21FKN5O5. The number of hydrogen-bond donors (Lipinski definition) is 2. The molecule has 0 saturated carbocycles. The van der Waals surface area contributed by atoms with Crippen molar-refractivity contribution in [2.45, 2.75) is 32.9 Å². The zero-order chi connectivity index (χ0) is 23.6. The Hall–Kier alpha value is -2.38. The van der Waals surface area contributed by atoms with Crippen molar-refractivity contribution in [2.24, 2.45) is 7.05 Å². The molecule has 0 unspecified atom stereocenters. The van der Waals surface area contributed by atoms with Gasteiger partial charge in [0.25, 0.3) is 5.91 Å². The largest absolute Gasteiger partial charge is 1.00 e. The Labute approximate surface area is 231 Å². The molecule has 3 aromatic rings. The summed E-state index contributed by atoms with van der Waals surface area (Å²) in [7, 11) is 1.37. The van der Waals surface area contributed by atoms with E-state index >= 15 is 0 Å². The van der Waals surface area contributed by atoms with Gasteiger partial charge in [0.15, 0.2) is 0 Å². The number of carbonyl (C=O) groups excluding carboxylic acids is 2. The number of aryl methyl sites for hydroxylation is 1. The third kappa shape index (κ3) is 6.15. The predicted molar refractivity (Wildman–Crippen MR) is 108 cm³/mol. The van der Waals surface area contributed by atoms with Gasteiger partial charge in [-0.2, -0.15) is 0 Å². The molecule has 2 aromatic heterocycles. The molecule has 0 aliphatic heterocycles. The molecule has 168 valence electrons. The first-order chi connectivity index (χ1) is 15.0. The van der Waals surface area contributed by atoms with Gasteiger partial charge in [-0.3, -0.25) is 14.4 Å². The fourth-order valence-electron chi connectivity index (χ4n) is 3.11. The quantitative estimate of drug-likeness (QED) is 0.384. The molecule has 10 nitrogen and oxygen atoms in total. The molecule has 0 spiro atoms. The maximum atomic E-state index is 13.0. The maximum Gasteiger partial charge on any atom is 1.00 e. The van der Waals surface area contributed by atoms with Gasteiger partial charge in [0.1, 0.15) is 5.82 Å². The second kappa shape index (κ2) is 10.7. The number of hydrogen-bond acceptors (Lipinski definition) is 7. The maximum absolute atomic E-state index is 13.0. The van der Waals surface area contributed by atoms with Crippen molar-refractivity contribution in [3.63, 3.8) is 0 Å². The van der Waals surface area contributed by atoms with Gasteiger partial charge in [0.05, 0.1) is 5.54 Å². The molecule has 3 rings (SSSR count). The Kier molecular flexibility index (Phi) is 8.71. The van der Waals surface area contributed by atoms with Crippen LogP contribution in [-0.4, -0.2) is 26.6 Å². The van der Waals surface area contributed by atoms with Gasteiger partial charge in [-0.05, 0) is 43.4 Å². The van der Waals surface area contributed by atoms with E-state index < -0.39 is 34.5 Å². The van der Waals surface area contributed by atoms with E-state index in [0.29, 0.717) is 5.56 Å². The minimum absolute atomic E-state index is 0. The van der Waals surface area contributed by atoms with E-state index in [1.807, 2.05) is 0 Å². The Bertz CT molecular complexity index is 1240. The van der Waals surface area contributed by atoms with E-state index in [1.165, 1.54) is 44.3 Å². The van der Waals surface area contributed by atoms with E-state index in [-0.39, 0.29) is 81.0 Å². The van der Waals surface area contributed by atoms with Crippen LogP contribution in [0.4, 0.5) is 4.39 Å². The van der Waals surface area contributed by atoms with Crippen LogP contribution in [0.5, 0.6) is 5.75 Å². The van der Waals surface area contributed by atoms with Crippen LogP contribution in [0.1, 0.15) is 52.0 Å². The van der Waals surface area contributed by atoms with Gasteiger partial charge in [0, 0.05) is 31.8 Å². The van der Waals surface area contributed by atoms with Gasteiger partial charge in [-0.1, -0.05) is 12.1 Å². The first-order valence-corrected chi connectivity index (χ1v) is 9.56. The molecule has 0 atom stereocenters. The number of nitrogens with zero attached hydrogens (tertiary/aromatic N) is 3. The number of amides is 2. The first kappa shape index (κ1) is 26.9. The Morgan fingerprint density at radius 1 is 1.18 bits per heavy atom. The van der Waals surface area contributed by atoms with Gasteiger partial charge >= 0.3 is 63.2 Å². The average molecular weight is 482 g/mol. The molecule has 0 aliphatic rings.